The van der Waals surface area contributed by atoms with Gasteiger partial charge in [0.25, 0.3) is 5.91 Å². The van der Waals surface area contributed by atoms with Gasteiger partial charge in [0.1, 0.15) is 0 Å². The molecular formula is C19H22N2O3S. The molecule has 2 N–H and O–H groups in total. The Hall–Kier alpha value is -2.18. The highest BCUT2D eigenvalue weighted by atomic mass is 32.2. The van der Waals surface area contributed by atoms with Gasteiger partial charge in [-0.3, -0.25) is 4.79 Å². The van der Waals surface area contributed by atoms with Crippen LogP contribution in [0.4, 0.5) is 0 Å². The van der Waals surface area contributed by atoms with E-state index in [4.69, 9.17) is 5.73 Å². The number of carbonyl (C=O) groups is 1. The Balaban J connectivity index is 1.81. The van der Waals surface area contributed by atoms with Gasteiger partial charge in [-0.15, -0.1) is 0 Å². The van der Waals surface area contributed by atoms with Gasteiger partial charge >= 0.3 is 0 Å². The van der Waals surface area contributed by atoms with E-state index >= 15 is 0 Å². The van der Waals surface area contributed by atoms with E-state index in [-0.39, 0.29) is 22.6 Å². The Bertz CT molecular complexity index is 850. The molecular weight excluding hydrogens is 336 g/mol. The van der Waals surface area contributed by atoms with Crippen LogP contribution in [0.3, 0.4) is 0 Å². The second-order valence-corrected chi connectivity index (χ2v) is 8.29. The molecule has 0 saturated carbocycles. The van der Waals surface area contributed by atoms with Crippen LogP contribution in [0.5, 0.6) is 0 Å². The molecule has 6 heteroatoms. The highest BCUT2D eigenvalue weighted by Gasteiger charge is 2.28. The minimum atomic E-state index is -3.44. The molecule has 1 saturated heterocycles. The van der Waals surface area contributed by atoms with Gasteiger partial charge in [0.15, 0.2) is 9.84 Å². The van der Waals surface area contributed by atoms with Crippen molar-refractivity contribution >= 4 is 15.7 Å². The number of rotatable bonds is 5. The summed E-state index contributed by atoms with van der Waals surface area (Å²) in [5.74, 6) is -0.203. The number of nitrogens with two attached hydrogens (primary N) is 1. The molecule has 1 atom stereocenters. The summed E-state index contributed by atoms with van der Waals surface area (Å²) >= 11 is 0. The molecule has 2 aromatic rings. The van der Waals surface area contributed by atoms with Crippen LogP contribution >= 0.6 is 0 Å². The number of hydrogen-bond donors (Lipinski definition) is 1. The number of likely N-dealkylation sites (tertiary alicyclic amines) is 1. The molecule has 0 bridgehead atoms. The molecule has 1 aliphatic rings. The van der Waals surface area contributed by atoms with Gasteiger partial charge in [0.2, 0.25) is 0 Å². The van der Waals surface area contributed by atoms with Gasteiger partial charge in [0.05, 0.1) is 10.6 Å². The second-order valence-electron chi connectivity index (χ2n) is 6.30. The summed E-state index contributed by atoms with van der Waals surface area (Å²) in [4.78, 5) is 14.8. The molecule has 0 spiro atoms. The van der Waals surface area contributed by atoms with Crippen molar-refractivity contribution in [3.63, 3.8) is 0 Å². The summed E-state index contributed by atoms with van der Waals surface area (Å²) < 4.78 is 25.1. The minimum Gasteiger partial charge on any atom is -0.334 e. The van der Waals surface area contributed by atoms with Crippen molar-refractivity contribution in [2.75, 3.05) is 13.1 Å². The quantitative estimate of drug-likeness (QED) is 0.889. The molecule has 1 fully saturated rings. The summed E-state index contributed by atoms with van der Waals surface area (Å²) in [5.41, 5.74) is 6.87. The van der Waals surface area contributed by atoms with Gasteiger partial charge in [-0.25, -0.2) is 8.42 Å². The van der Waals surface area contributed by atoms with E-state index < -0.39 is 9.84 Å². The first-order chi connectivity index (χ1) is 12.0. The van der Waals surface area contributed by atoms with Crippen LogP contribution in [0, 0.1) is 0 Å². The van der Waals surface area contributed by atoms with Crippen LogP contribution in [-0.4, -0.2) is 38.4 Å². The van der Waals surface area contributed by atoms with Gasteiger partial charge in [-0.1, -0.05) is 30.3 Å². The van der Waals surface area contributed by atoms with Crippen LogP contribution in [-0.2, 0) is 15.6 Å². The summed E-state index contributed by atoms with van der Waals surface area (Å²) in [6.45, 7) is 1.15. The van der Waals surface area contributed by atoms with E-state index in [9.17, 15) is 13.2 Å². The van der Waals surface area contributed by atoms with Gasteiger partial charge < -0.3 is 10.6 Å². The van der Waals surface area contributed by atoms with E-state index in [1.54, 1.807) is 59.5 Å². The van der Waals surface area contributed by atoms with Crippen LogP contribution in [0.1, 0.15) is 28.8 Å². The molecule has 5 nitrogen and oxygen atoms in total. The van der Waals surface area contributed by atoms with E-state index in [1.807, 2.05) is 0 Å². The van der Waals surface area contributed by atoms with Gasteiger partial charge in [-0.2, -0.15) is 0 Å². The molecule has 1 heterocycles. The van der Waals surface area contributed by atoms with Gasteiger partial charge in [0, 0.05) is 24.7 Å². The molecule has 1 amide bonds. The third-order valence-electron chi connectivity index (χ3n) is 4.54. The zero-order valence-corrected chi connectivity index (χ0v) is 14.8. The number of carbonyl (C=O) groups excluding carboxylic acids is 1. The molecule has 2 aromatic carbocycles. The lowest BCUT2D eigenvalue weighted by molar-refractivity contribution is 0.0741. The fourth-order valence-corrected chi connectivity index (χ4v) is 4.60. The number of nitrogens with zero attached hydrogens (tertiary/aromatic N) is 1. The van der Waals surface area contributed by atoms with Crippen molar-refractivity contribution < 1.29 is 13.2 Å². The molecule has 0 aromatic heterocycles. The van der Waals surface area contributed by atoms with Crippen molar-refractivity contribution in [2.24, 2.45) is 5.73 Å². The first-order valence-corrected chi connectivity index (χ1v) is 10.0. The van der Waals surface area contributed by atoms with Crippen molar-refractivity contribution in [3.05, 3.63) is 65.7 Å². The van der Waals surface area contributed by atoms with E-state index in [2.05, 4.69) is 0 Å². The summed E-state index contributed by atoms with van der Waals surface area (Å²) in [7, 11) is -3.44. The third-order valence-corrected chi connectivity index (χ3v) is 6.25. The minimum absolute atomic E-state index is 0.0733. The van der Waals surface area contributed by atoms with E-state index in [1.165, 1.54) is 0 Å². The lowest BCUT2D eigenvalue weighted by Crippen LogP contribution is -2.39. The molecule has 132 valence electrons. The van der Waals surface area contributed by atoms with E-state index in [0.717, 1.165) is 12.8 Å². The maximum Gasteiger partial charge on any atom is 0.254 e. The highest BCUT2D eigenvalue weighted by molar-refractivity contribution is 7.90. The van der Waals surface area contributed by atoms with Crippen LogP contribution in [0.2, 0.25) is 0 Å². The smallest absolute Gasteiger partial charge is 0.254 e. The normalized spacial score (nSPS) is 17.6. The SMILES string of the molecule is NC[C@@H]1CCCN1C(=O)c1cccc(CS(=O)(=O)c2ccccc2)c1. The Morgan fingerprint density at radius 3 is 2.60 bits per heavy atom. The Kier molecular flexibility index (Phi) is 5.20. The fourth-order valence-electron chi connectivity index (χ4n) is 3.24. The lowest BCUT2D eigenvalue weighted by Gasteiger charge is -2.23. The highest BCUT2D eigenvalue weighted by Crippen LogP contribution is 2.21. The third kappa shape index (κ3) is 3.91. The molecule has 0 unspecified atom stereocenters. The summed E-state index contributed by atoms with van der Waals surface area (Å²) in [6, 6.07) is 15.3. The monoisotopic (exact) mass is 358 g/mol. The zero-order chi connectivity index (χ0) is 17.9. The number of sulfone groups is 1. The Morgan fingerprint density at radius 1 is 1.12 bits per heavy atom. The second kappa shape index (κ2) is 7.37. The number of amides is 1. The first-order valence-electron chi connectivity index (χ1n) is 8.39. The zero-order valence-electron chi connectivity index (χ0n) is 14.0. The molecule has 0 aliphatic carbocycles. The Labute approximate surface area is 148 Å². The predicted molar refractivity (Wildman–Crippen MR) is 96.9 cm³/mol. The lowest BCUT2D eigenvalue weighted by atomic mass is 10.1. The average molecular weight is 358 g/mol. The molecule has 3 rings (SSSR count). The van der Waals surface area contributed by atoms with Crippen molar-refractivity contribution in [3.8, 4) is 0 Å². The van der Waals surface area contributed by atoms with Crippen LogP contribution < -0.4 is 5.73 Å². The largest absolute Gasteiger partial charge is 0.334 e. The first kappa shape index (κ1) is 17.6. The average Bonchev–Trinajstić information content (AvgIpc) is 3.10. The maximum atomic E-state index is 12.7. The van der Waals surface area contributed by atoms with Crippen LogP contribution in [0.25, 0.3) is 0 Å². The fraction of sp³-hybridized carbons (Fsp3) is 0.316. The topological polar surface area (TPSA) is 80.5 Å². The van der Waals surface area contributed by atoms with Crippen molar-refractivity contribution in [1.82, 2.24) is 4.90 Å². The van der Waals surface area contributed by atoms with Crippen LogP contribution in [0.15, 0.2) is 59.5 Å². The van der Waals surface area contributed by atoms with Crippen molar-refractivity contribution in [2.45, 2.75) is 29.5 Å². The molecule has 25 heavy (non-hydrogen) atoms. The van der Waals surface area contributed by atoms with Crippen molar-refractivity contribution in [1.29, 1.82) is 0 Å². The standard InChI is InChI=1S/C19H22N2O3S/c20-13-17-8-5-11-21(17)19(22)16-7-4-6-15(12-16)14-25(23,24)18-9-2-1-3-10-18/h1-4,6-7,9-10,12,17H,5,8,11,13-14,20H2/t17-/m0/s1. The number of hydrogen-bond acceptors (Lipinski definition) is 4. The predicted octanol–water partition coefficient (Wildman–Crippen LogP) is 2.22. The van der Waals surface area contributed by atoms with Gasteiger partial charge in [-0.05, 0) is 42.7 Å². The molecule has 0 radical (unpaired) electrons. The summed E-state index contributed by atoms with van der Waals surface area (Å²) in [6.07, 6.45) is 1.88. The Morgan fingerprint density at radius 2 is 1.88 bits per heavy atom. The molecule has 1 aliphatic heterocycles. The number of benzene rings is 2. The summed E-state index contributed by atoms with van der Waals surface area (Å²) in [5, 5.41) is 0. The van der Waals surface area contributed by atoms with E-state index in [0.29, 0.717) is 24.2 Å². The maximum absolute atomic E-state index is 12.7.